The van der Waals surface area contributed by atoms with Crippen LogP contribution in [0.5, 0.6) is 0 Å². The third kappa shape index (κ3) is 4.45. The zero-order valence-corrected chi connectivity index (χ0v) is 18.7. The Labute approximate surface area is 187 Å². The van der Waals surface area contributed by atoms with E-state index in [1.165, 1.54) is 0 Å². The molecule has 0 aliphatic carbocycles. The van der Waals surface area contributed by atoms with Gasteiger partial charge >= 0.3 is 0 Å². The number of halogens is 2. The summed E-state index contributed by atoms with van der Waals surface area (Å²) in [4.78, 5) is 18.2. The van der Waals surface area contributed by atoms with Gasteiger partial charge in [0.05, 0.1) is 21.8 Å². The van der Waals surface area contributed by atoms with Crippen molar-refractivity contribution in [3.05, 3.63) is 57.6 Å². The number of fused-ring (bicyclic) bond motifs is 1. The number of aliphatic hydroxyl groups is 1. The quantitative estimate of drug-likeness (QED) is 0.747. The number of anilines is 2. The lowest BCUT2D eigenvalue weighted by Gasteiger charge is -2.36. The molecule has 0 radical (unpaired) electrons. The van der Waals surface area contributed by atoms with Crippen LogP contribution in [0, 0.1) is 0 Å². The van der Waals surface area contributed by atoms with Crippen LogP contribution in [-0.2, 0) is 11.2 Å². The van der Waals surface area contributed by atoms with Crippen LogP contribution in [0.3, 0.4) is 0 Å². The highest BCUT2D eigenvalue weighted by atomic mass is 35.5. The summed E-state index contributed by atoms with van der Waals surface area (Å²) in [5.74, 6) is 0.0697. The van der Waals surface area contributed by atoms with E-state index in [2.05, 4.69) is 15.9 Å². The number of benzene rings is 2. The molecule has 1 saturated heterocycles. The van der Waals surface area contributed by atoms with Crippen molar-refractivity contribution in [2.45, 2.75) is 25.9 Å². The van der Waals surface area contributed by atoms with Crippen LogP contribution < -0.4 is 9.80 Å². The molecule has 160 valence electrons. The normalized spacial score (nSPS) is 17.9. The minimum Gasteiger partial charge on any atom is -0.388 e. The summed E-state index contributed by atoms with van der Waals surface area (Å²) >= 11 is 12.5. The number of amides is 1. The van der Waals surface area contributed by atoms with Crippen molar-refractivity contribution >= 4 is 40.5 Å². The van der Waals surface area contributed by atoms with E-state index >= 15 is 0 Å². The molecule has 1 atom stereocenters. The van der Waals surface area contributed by atoms with E-state index in [1.807, 2.05) is 30.3 Å². The van der Waals surface area contributed by atoms with E-state index in [0.717, 1.165) is 68.2 Å². The largest absolute Gasteiger partial charge is 0.388 e. The fourth-order valence-corrected chi connectivity index (χ4v) is 4.79. The van der Waals surface area contributed by atoms with Crippen molar-refractivity contribution in [1.82, 2.24) is 4.90 Å². The Morgan fingerprint density at radius 2 is 1.83 bits per heavy atom. The van der Waals surface area contributed by atoms with Crippen molar-refractivity contribution in [2.24, 2.45) is 0 Å². The molecule has 2 aliphatic heterocycles. The molecule has 1 fully saturated rings. The standard InChI is InChI=1S/C23H27Cl2N3O2/c1-16(29)28-10-7-17-15-18(5-6-20(17)28)22(30)8-9-26-11-13-27(14-12-26)21-4-2-3-19(24)23(21)25/h2-6,15,22,30H,7-14H2,1H3. The average molecular weight is 448 g/mol. The molecule has 2 aromatic rings. The van der Waals surface area contributed by atoms with Crippen LogP contribution in [0.4, 0.5) is 11.4 Å². The van der Waals surface area contributed by atoms with Crippen molar-refractivity contribution in [3.63, 3.8) is 0 Å². The summed E-state index contributed by atoms with van der Waals surface area (Å²) in [5, 5.41) is 11.9. The Kier molecular flexibility index (Phi) is 6.54. The van der Waals surface area contributed by atoms with Crippen molar-refractivity contribution in [1.29, 1.82) is 0 Å². The summed E-state index contributed by atoms with van der Waals surface area (Å²) in [6, 6.07) is 11.7. The SMILES string of the molecule is CC(=O)N1CCc2cc(C(O)CCN3CCN(c4cccc(Cl)c4Cl)CC3)ccc21. The van der Waals surface area contributed by atoms with Crippen molar-refractivity contribution < 1.29 is 9.90 Å². The van der Waals surface area contributed by atoms with E-state index in [0.29, 0.717) is 16.5 Å². The first kappa shape index (κ1) is 21.4. The minimum absolute atomic E-state index is 0.0697. The first-order chi connectivity index (χ1) is 14.4. The van der Waals surface area contributed by atoms with Crippen LogP contribution in [-0.4, -0.2) is 55.2 Å². The number of hydrogen-bond donors (Lipinski definition) is 1. The molecule has 4 rings (SSSR count). The molecule has 0 bridgehead atoms. The molecule has 1 unspecified atom stereocenters. The van der Waals surface area contributed by atoms with Crippen LogP contribution in [0.15, 0.2) is 36.4 Å². The predicted molar refractivity (Wildman–Crippen MR) is 123 cm³/mol. The maximum Gasteiger partial charge on any atom is 0.223 e. The Balaban J connectivity index is 1.30. The number of nitrogens with zero attached hydrogens (tertiary/aromatic N) is 3. The number of hydrogen-bond acceptors (Lipinski definition) is 4. The van der Waals surface area contributed by atoms with Crippen molar-refractivity contribution in [3.8, 4) is 0 Å². The van der Waals surface area contributed by atoms with Gasteiger partial charge in [-0.3, -0.25) is 9.69 Å². The monoisotopic (exact) mass is 447 g/mol. The molecule has 2 heterocycles. The van der Waals surface area contributed by atoms with Crippen LogP contribution in [0.2, 0.25) is 10.0 Å². The molecule has 2 aromatic carbocycles. The van der Waals surface area contributed by atoms with Crippen LogP contribution in [0.25, 0.3) is 0 Å². The highest BCUT2D eigenvalue weighted by Gasteiger charge is 2.24. The van der Waals surface area contributed by atoms with Gasteiger partial charge in [-0.2, -0.15) is 0 Å². The van der Waals surface area contributed by atoms with E-state index in [9.17, 15) is 9.90 Å². The van der Waals surface area contributed by atoms with Gasteiger partial charge in [-0.15, -0.1) is 0 Å². The molecule has 2 aliphatic rings. The maximum atomic E-state index is 11.7. The fraction of sp³-hybridized carbons (Fsp3) is 0.435. The first-order valence-electron chi connectivity index (χ1n) is 10.4. The van der Waals surface area contributed by atoms with E-state index in [-0.39, 0.29) is 5.91 Å². The third-order valence-electron chi connectivity index (χ3n) is 6.13. The van der Waals surface area contributed by atoms with Gasteiger partial charge in [0.25, 0.3) is 0 Å². The van der Waals surface area contributed by atoms with Crippen LogP contribution in [0.1, 0.15) is 30.6 Å². The van der Waals surface area contributed by atoms with Gasteiger partial charge in [0.2, 0.25) is 5.91 Å². The van der Waals surface area contributed by atoms with Crippen LogP contribution >= 0.6 is 23.2 Å². The number of rotatable bonds is 5. The second-order valence-electron chi connectivity index (χ2n) is 8.01. The molecule has 1 N–H and O–H groups in total. The number of carbonyl (C=O) groups excluding carboxylic acids is 1. The van der Waals surface area contributed by atoms with Gasteiger partial charge < -0.3 is 14.9 Å². The van der Waals surface area contributed by atoms with Crippen molar-refractivity contribution in [2.75, 3.05) is 49.1 Å². The summed E-state index contributed by atoms with van der Waals surface area (Å²) in [6.45, 7) is 6.78. The first-order valence-corrected chi connectivity index (χ1v) is 11.2. The lowest BCUT2D eigenvalue weighted by atomic mass is 10.0. The maximum absolute atomic E-state index is 11.7. The van der Waals surface area contributed by atoms with E-state index < -0.39 is 6.10 Å². The molecule has 1 amide bonds. The number of carbonyl (C=O) groups is 1. The van der Waals surface area contributed by atoms with Gasteiger partial charge in [0.15, 0.2) is 0 Å². The molecule has 0 aromatic heterocycles. The lowest BCUT2D eigenvalue weighted by Crippen LogP contribution is -2.46. The molecule has 0 saturated carbocycles. The average Bonchev–Trinajstić information content (AvgIpc) is 3.18. The molecule has 7 heteroatoms. The zero-order valence-electron chi connectivity index (χ0n) is 17.2. The lowest BCUT2D eigenvalue weighted by molar-refractivity contribution is -0.116. The van der Waals surface area contributed by atoms with Gasteiger partial charge in [-0.05, 0) is 42.2 Å². The number of piperazine rings is 1. The Hall–Kier alpha value is -1.79. The second kappa shape index (κ2) is 9.15. The fourth-order valence-electron chi connectivity index (χ4n) is 4.38. The van der Waals surface area contributed by atoms with Gasteiger partial charge in [-0.25, -0.2) is 0 Å². The minimum atomic E-state index is -0.498. The highest BCUT2D eigenvalue weighted by molar-refractivity contribution is 6.43. The zero-order chi connectivity index (χ0) is 21.3. The van der Waals surface area contributed by atoms with E-state index in [1.54, 1.807) is 11.8 Å². The topological polar surface area (TPSA) is 47.0 Å². The van der Waals surface area contributed by atoms with E-state index in [4.69, 9.17) is 23.2 Å². The molecule has 5 nitrogen and oxygen atoms in total. The number of aliphatic hydroxyl groups excluding tert-OH is 1. The summed E-state index contributed by atoms with van der Waals surface area (Å²) < 4.78 is 0. The second-order valence-corrected chi connectivity index (χ2v) is 8.80. The predicted octanol–water partition coefficient (Wildman–Crippen LogP) is 4.15. The summed E-state index contributed by atoms with van der Waals surface area (Å²) in [6.07, 6.45) is 1.04. The smallest absolute Gasteiger partial charge is 0.223 e. The van der Waals surface area contributed by atoms with Gasteiger partial charge in [0.1, 0.15) is 0 Å². The summed E-state index contributed by atoms with van der Waals surface area (Å²) in [7, 11) is 0. The summed E-state index contributed by atoms with van der Waals surface area (Å²) in [5.41, 5.74) is 4.05. The van der Waals surface area contributed by atoms with Gasteiger partial charge in [-0.1, -0.05) is 41.4 Å². The highest BCUT2D eigenvalue weighted by Crippen LogP contribution is 2.33. The third-order valence-corrected chi connectivity index (χ3v) is 6.94. The molecular formula is C23H27Cl2N3O2. The Morgan fingerprint density at radius 3 is 2.57 bits per heavy atom. The Bertz CT molecular complexity index is 929. The molecular weight excluding hydrogens is 421 g/mol. The molecule has 30 heavy (non-hydrogen) atoms. The molecule has 0 spiro atoms. The van der Waals surface area contributed by atoms with Gasteiger partial charge in [0, 0.05) is 51.9 Å². The Morgan fingerprint density at radius 1 is 1.07 bits per heavy atom.